The number of carbonyl (C=O) groups excluding carboxylic acids is 1. The van der Waals surface area contributed by atoms with Crippen LogP contribution in [0, 0.1) is 0 Å². The first-order valence-electron chi connectivity index (χ1n) is 7.47. The average molecular weight is 292 g/mol. The van der Waals surface area contributed by atoms with Crippen LogP contribution in [0.5, 0.6) is 0 Å². The van der Waals surface area contributed by atoms with Crippen molar-refractivity contribution < 1.29 is 9.90 Å². The minimum absolute atomic E-state index is 0.00318. The molecule has 2 unspecified atom stereocenters. The Bertz CT molecular complexity index is 443. The van der Waals surface area contributed by atoms with E-state index in [4.69, 9.17) is 0 Å². The number of aliphatic hydroxyl groups excluding tert-OH is 1. The number of nitrogens with zero attached hydrogens (tertiary/aromatic N) is 1. The normalized spacial score (nSPS) is 14.4. The maximum atomic E-state index is 12.0. The highest BCUT2D eigenvalue weighted by Gasteiger charge is 2.24. The highest BCUT2D eigenvalue weighted by atomic mass is 16.3. The van der Waals surface area contributed by atoms with Gasteiger partial charge in [-0.25, -0.2) is 4.79 Å². The molecule has 2 N–H and O–H groups in total. The van der Waals surface area contributed by atoms with Gasteiger partial charge in [0.15, 0.2) is 0 Å². The van der Waals surface area contributed by atoms with Gasteiger partial charge in [0.1, 0.15) is 0 Å². The van der Waals surface area contributed by atoms with E-state index in [1.54, 1.807) is 14.0 Å². The Hall–Kier alpha value is -1.55. The van der Waals surface area contributed by atoms with E-state index in [9.17, 15) is 9.90 Å². The summed E-state index contributed by atoms with van der Waals surface area (Å²) >= 11 is 0. The summed E-state index contributed by atoms with van der Waals surface area (Å²) in [5.41, 5.74) is 1.26. The number of likely N-dealkylation sites (N-methyl/N-ethyl adjacent to an activating group) is 1. The van der Waals surface area contributed by atoms with E-state index in [1.807, 2.05) is 25.1 Å². The maximum absolute atomic E-state index is 12.0. The Labute approximate surface area is 128 Å². The minimum atomic E-state index is -0.517. The first-order chi connectivity index (χ1) is 9.72. The molecule has 0 saturated carbocycles. The van der Waals surface area contributed by atoms with E-state index in [0.717, 1.165) is 6.42 Å². The van der Waals surface area contributed by atoms with E-state index in [1.165, 1.54) is 10.5 Å². The van der Waals surface area contributed by atoms with Crippen molar-refractivity contribution in [3.8, 4) is 0 Å². The summed E-state index contributed by atoms with van der Waals surface area (Å²) in [7, 11) is 1.69. The standard InChI is InChI=1S/C17H28N2O2/c1-13(18-16(21)19(5)12-14(2)20)11-17(3,4)15-9-7-6-8-10-15/h6-10,13-14,20H,11-12H2,1-5H3,(H,18,21). The van der Waals surface area contributed by atoms with E-state index in [2.05, 4.69) is 31.3 Å². The molecule has 0 saturated heterocycles. The molecule has 0 heterocycles. The van der Waals surface area contributed by atoms with Crippen LogP contribution in [0.3, 0.4) is 0 Å². The Balaban J connectivity index is 2.57. The second-order valence-corrected chi connectivity index (χ2v) is 6.53. The molecule has 4 heteroatoms. The predicted octanol–water partition coefficient (Wildman–Crippen LogP) is 2.77. The molecule has 118 valence electrons. The summed E-state index contributed by atoms with van der Waals surface area (Å²) in [5, 5.41) is 12.3. The van der Waals surface area contributed by atoms with Gasteiger partial charge in [0, 0.05) is 19.6 Å². The fraction of sp³-hybridized carbons (Fsp3) is 0.588. The zero-order valence-electron chi connectivity index (χ0n) is 13.8. The van der Waals surface area contributed by atoms with Gasteiger partial charge in [-0.05, 0) is 31.2 Å². The van der Waals surface area contributed by atoms with Crippen LogP contribution in [0.25, 0.3) is 0 Å². The number of urea groups is 1. The molecule has 0 radical (unpaired) electrons. The molecule has 1 aromatic rings. The number of hydrogen-bond acceptors (Lipinski definition) is 2. The number of rotatable bonds is 6. The van der Waals surface area contributed by atoms with Crippen molar-refractivity contribution in [3.05, 3.63) is 35.9 Å². The molecule has 0 aliphatic rings. The van der Waals surface area contributed by atoms with Gasteiger partial charge in [0.25, 0.3) is 0 Å². The Morgan fingerprint density at radius 2 is 1.86 bits per heavy atom. The van der Waals surface area contributed by atoms with Crippen molar-refractivity contribution in [1.29, 1.82) is 0 Å². The zero-order chi connectivity index (χ0) is 16.0. The van der Waals surface area contributed by atoms with Gasteiger partial charge in [-0.3, -0.25) is 0 Å². The Morgan fingerprint density at radius 3 is 2.38 bits per heavy atom. The molecule has 1 aromatic carbocycles. The van der Waals surface area contributed by atoms with Crippen LogP contribution < -0.4 is 5.32 Å². The predicted molar refractivity (Wildman–Crippen MR) is 86.4 cm³/mol. The Morgan fingerprint density at radius 1 is 1.29 bits per heavy atom. The van der Waals surface area contributed by atoms with Gasteiger partial charge < -0.3 is 15.3 Å². The highest BCUT2D eigenvalue weighted by molar-refractivity contribution is 5.74. The van der Waals surface area contributed by atoms with Crippen molar-refractivity contribution in [2.45, 2.75) is 51.7 Å². The number of hydrogen-bond donors (Lipinski definition) is 2. The van der Waals surface area contributed by atoms with E-state index in [0.29, 0.717) is 6.54 Å². The van der Waals surface area contributed by atoms with Crippen molar-refractivity contribution in [2.75, 3.05) is 13.6 Å². The van der Waals surface area contributed by atoms with Crippen molar-refractivity contribution in [1.82, 2.24) is 10.2 Å². The van der Waals surface area contributed by atoms with Crippen molar-refractivity contribution in [2.24, 2.45) is 0 Å². The molecular formula is C17H28N2O2. The van der Waals surface area contributed by atoms with Crippen LogP contribution in [0.15, 0.2) is 30.3 Å². The molecule has 4 nitrogen and oxygen atoms in total. The Kier molecular flexibility index (Phi) is 6.21. The minimum Gasteiger partial charge on any atom is -0.392 e. The third-order valence-corrected chi connectivity index (χ3v) is 3.63. The van der Waals surface area contributed by atoms with E-state index in [-0.39, 0.29) is 17.5 Å². The van der Waals surface area contributed by atoms with Gasteiger partial charge in [0.05, 0.1) is 6.10 Å². The van der Waals surface area contributed by atoms with Crippen LogP contribution in [0.2, 0.25) is 0 Å². The zero-order valence-corrected chi connectivity index (χ0v) is 13.8. The van der Waals surface area contributed by atoms with Crippen LogP contribution in [-0.2, 0) is 5.41 Å². The van der Waals surface area contributed by atoms with Gasteiger partial charge in [-0.15, -0.1) is 0 Å². The average Bonchev–Trinajstić information content (AvgIpc) is 2.38. The third kappa shape index (κ3) is 5.76. The first kappa shape index (κ1) is 17.5. The summed E-state index contributed by atoms with van der Waals surface area (Å²) in [6, 6.07) is 10.2. The molecule has 0 fully saturated rings. The van der Waals surface area contributed by atoms with Gasteiger partial charge in [0.2, 0.25) is 0 Å². The molecule has 1 rings (SSSR count). The molecule has 2 amide bonds. The number of benzene rings is 1. The van der Waals surface area contributed by atoms with Crippen LogP contribution in [0.4, 0.5) is 4.79 Å². The number of amides is 2. The summed E-state index contributed by atoms with van der Waals surface area (Å²) in [4.78, 5) is 13.5. The molecular weight excluding hydrogens is 264 g/mol. The van der Waals surface area contributed by atoms with Gasteiger partial charge >= 0.3 is 6.03 Å². The molecule has 2 atom stereocenters. The second-order valence-electron chi connectivity index (χ2n) is 6.53. The lowest BCUT2D eigenvalue weighted by molar-refractivity contribution is 0.142. The molecule has 21 heavy (non-hydrogen) atoms. The lowest BCUT2D eigenvalue weighted by atomic mass is 9.79. The van der Waals surface area contributed by atoms with Crippen molar-refractivity contribution in [3.63, 3.8) is 0 Å². The van der Waals surface area contributed by atoms with Gasteiger partial charge in [-0.1, -0.05) is 44.2 Å². The SMILES string of the molecule is CC(O)CN(C)C(=O)NC(C)CC(C)(C)c1ccccc1. The smallest absolute Gasteiger partial charge is 0.317 e. The number of carbonyl (C=O) groups is 1. The van der Waals surface area contributed by atoms with E-state index < -0.39 is 6.10 Å². The lowest BCUT2D eigenvalue weighted by Gasteiger charge is -2.30. The highest BCUT2D eigenvalue weighted by Crippen LogP contribution is 2.28. The lowest BCUT2D eigenvalue weighted by Crippen LogP contribution is -2.45. The summed E-state index contributed by atoms with van der Waals surface area (Å²) in [6.07, 6.45) is 0.336. The summed E-state index contributed by atoms with van der Waals surface area (Å²) < 4.78 is 0. The van der Waals surface area contributed by atoms with Crippen LogP contribution in [-0.4, -0.2) is 41.8 Å². The fourth-order valence-corrected chi connectivity index (χ4v) is 2.62. The largest absolute Gasteiger partial charge is 0.392 e. The first-order valence-corrected chi connectivity index (χ1v) is 7.47. The molecule has 0 aliphatic heterocycles. The third-order valence-electron chi connectivity index (χ3n) is 3.63. The number of nitrogens with one attached hydrogen (secondary N) is 1. The maximum Gasteiger partial charge on any atom is 0.317 e. The summed E-state index contributed by atoms with van der Waals surface area (Å²) in [6.45, 7) is 8.39. The number of aliphatic hydroxyl groups is 1. The monoisotopic (exact) mass is 292 g/mol. The molecule has 0 aromatic heterocycles. The van der Waals surface area contributed by atoms with Crippen LogP contribution in [0.1, 0.15) is 39.7 Å². The molecule has 0 bridgehead atoms. The second kappa shape index (κ2) is 7.46. The quantitative estimate of drug-likeness (QED) is 0.847. The van der Waals surface area contributed by atoms with Crippen molar-refractivity contribution >= 4 is 6.03 Å². The fourth-order valence-electron chi connectivity index (χ4n) is 2.62. The molecule has 0 aliphatic carbocycles. The molecule has 0 spiro atoms. The topological polar surface area (TPSA) is 52.6 Å². The van der Waals surface area contributed by atoms with Gasteiger partial charge in [-0.2, -0.15) is 0 Å². The van der Waals surface area contributed by atoms with Crippen LogP contribution >= 0.6 is 0 Å². The summed E-state index contributed by atoms with van der Waals surface area (Å²) in [5.74, 6) is 0. The van der Waals surface area contributed by atoms with E-state index >= 15 is 0 Å².